The Morgan fingerprint density at radius 3 is 2.40 bits per heavy atom. The molecule has 1 aliphatic rings. The molecule has 0 spiro atoms. The van der Waals surface area contributed by atoms with E-state index >= 15 is 0 Å². The summed E-state index contributed by atoms with van der Waals surface area (Å²) in [5, 5.41) is 0. The second-order valence-electron chi connectivity index (χ2n) is 7.49. The first-order chi connectivity index (χ1) is 14.8. The molecule has 1 aliphatic heterocycles. The van der Waals surface area contributed by atoms with Crippen molar-refractivity contribution in [3.8, 4) is 5.75 Å². The monoisotopic (exact) mass is 406 g/mol. The van der Waals surface area contributed by atoms with Gasteiger partial charge >= 0.3 is 0 Å². The summed E-state index contributed by atoms with van der Waals surface area (Å²) < 4.78 is 6.00. The largest absolute Gasteiger partial charge is 0.489 e. The molecule has 0 bridgehead atoms. The standard InChI is InChI=1S/C28H22OS/c1-20(22-11-7-12-26(18-22)29-19-21-8-3-2-4-9-21)23-14-15-28-25(16-23)17-24-10-5-6-13-27(24)30-28/h2-16,18H,1,17,19H2. The number of rotatable bonds is 5. The van der Waals surface area contributed by atoms with Crippen LogP contribution in [-0.2, 0) is 13.0 Å². The van der Waals surface area contributed by atoms with Gasteiger partial charge in [0.15, 0.2) is 0 Å². The summed E-state index contributed by atoms with van der Waals surface area (Å²) in [6.07, 6.45) is 0.972. The zero-order valence-electron chi connectivity index (χ0n) is 16.7. The predicted molar refractivity (Wildman–Crippen MR) is 125 cm³/mol. The van der Waals surface area contributed by atoms with E-state index < -0.39 is 0 Å². The minimum Gasteiger partial charge on any atom is -0.489 e. The summed E-state index contributed by atoms with van der Waals surface area (Å²) in [5.74, 6) is 0.861. The van der Waals surface area contributed by atoms with Crippen molar-refractivity contribution in [2.45, 2.75) is 22.8 Å². The quantitative estimate of drug-likeness (QED) is 0.301. The van der Waals surface area contributed by atoms with Crippen LogP contribution in [0.15, 0.2) is 113 Å². The van der Waals surface area contributed by atoms with Crippen LogP contribution >= 0.6 is 11.8 Å². The Bertz CT molecular complexity index is 1210. The van der Waals surface area contributed by atoms with Gasteiger partial charge in [0.25, 0.3) is 0 Å². The van der Waals surface area contributed by atoms with Gasteiger partial charge in [-0.1, -0.05) is 85.1 Å². The molecular weight excluding hydrogens is 384 g/mol. The van der Waals surface area contributed by atoms with Crippen LogP contribution in [-0.4, -0.2) is 0 Å². The minimum absolute atomic E-state index is 0.562. The van der Waals surface area contributed by atoms with Crippen LogP contribution in [0.2, 0.25) is 0 Å². The highest BCUT2D eigenvalue weighted by Crippen LogP contribution is 2.40. The fourth-order valence-electron chi connectivity index (χ4n) is 3.76. The van der Waals surface area contributed by atoms with Crippen molar-refractivity contribution >= 4 is 17.3 Å². The zero-order valence-corrected chi connectivity index (χ0v) is 17.5. The highest BCUT2D eigenvalue weighted by molar-refractivity contribution is 7.99. The third-order valence-electron chi connectivity index (χ3n) is 5.41. The lowest BCUT2D eigenvalue weighted by atomic mass is 9.95. The third kappa shape index (κ3) is 3.92. The molecule has 2 heteroatoms. The molecule has 5 rings (SSSR count). The highest BCUT2D eigenvalue weighted by Gasteiger charge is 2.16. The summed E-state index contributed by atoms with van der Waals surface area (Å²) in [4.78, 5) is 2.70. The van der Waals surface area contributed by atoms with Gasteiger partial charge in [0.2, 0.25) is 0 Å². The summed E-state index contributed by atoms with van der Waals surface area (Å²) >= 11 is 1.86. The van der Waals surface area contributed by atoms with Gasteiger partial charge in [-0.25, -0.2) is 0 Å². The number of benzene rings is 4. The van der Waals surface area contributed by atoms with Crippen LogP contribution in [0.25, 0.3) is 5.57 Å². The molecule has 0 saturated heterocycles. The molecule has 1 heterocycles. The average Bonchev–Trinajstić information content (AvgIpc) is 2.81. The Balaban J connectivity index is 1.35. The fraction of sp³-hybridized carbons (Fsp3) is 0.0714. The summed E-state index contributed by atoms with van der Waals surface area (Å²) in [6.45, 7) is 4.95. The van der Waals surface area contributed by atoms with Gasteiger partial charge in [0.1, 0.15) is 12.4 Å². The van der Waals surface area contributed by atoms with E-state index in [1.54, 1.807) is 0 Å². The van der Waals surface area contributed by atoms with Crippen molar-refractivity contribution in [1.82, 2.24) is 0 Å². The topological polar surface area (TPSA) is 9.23 Å². The van der Waals surface area contributed by atoms with E-state index in [0.29, 0.717) is 6.61 Å². The maximum atomic E-state index is 6.00. The van der Waals surface area contributed by atoms with Gasteiger partial charge in [-0.05, 0) is 70.1 Å². The number of fused-ring (bicyclic) bond motifs is 2. The van der Waals surface area contributed by atoms with Crippen LogP contribution in [0, 0.1) is 0 Å². The van der Waals surface area contributed by atoms with Crippen molar-refractivity contribution in [2.75, 3.05) is 0 Å². The fourth-order valence-corrected chi connectivity index (χ4v) is 4.81. The molecular formula is C28H22OS. The summed E-state index contributed by atoms with van der Waals surface area (Å²) in [5.41, 5.74) is 7.20. The summed E-state index contributed by atoms with van der Waals surface area (Å²) in [7, 11) is 0. The van der Waals surface area contributed by atoms with E-state index in [1.807, 2.05) is 42.1 Å². The molecule has 0 atom stereocenters. The molecule has 0 amide bonds. The highest BCUT2D eigenvalue weighted by atomic mass is 32.2. The predicted octanol–water partition coefficient (Wildman–Crippen LogP) is 7.38. The minimum atomic E-state index is 0.562. The van der Waals surface area contributed by atoms with Gasteiger partial charge < -0.3 is 4.74 Å². The van der Waals surface area contributed by atoms with Gasteiger partial charge in [-0.3, -0.25) is 0 Å². The van der Waals surface area contributed by atoms with E-state index in [4.69, 9.17) is 4.74 Å². The van der Waals surface area contributed by atoms with Gasteiger partial charge in [-0.2, -0.15) is 0 Å². The molecule has 146 valence electrons. The van der Waals surface area contributed by atoms with E-state index in [9.17, 15) is 0 Å². The van der Waals surface area contributed by atoms with Crippen molar-refractivity contribution in [1.29, 1.82) is 0 Å². The molecule has 0 unspecified atom stereocenters. The van der Waals surface area contributed by atoms with Crippen LogP contribution in [0.3, 0.4) is 0 Å². The lowest BCUT2D eigenvalue weighted by Gasteiger charge is -2.20. The molecule has 0 fully saturated rings. The molecule has 0 N–H and O–H groups in total. The number of hydrogen-bond donors (Lipinski definition) is 0. The Labute approximate surface area is 182 Å². The smallest absolute Gasteiger partial charge is 0.120 e. The zero-order chi connectivity index (χ0) is 20.3. The average molecular weight is 407 g/mol. The molecule has 1 nitrogen and oxygen atoms in total. The first-order valence-electron chi connectivity index (χ1n) is 10.1. The Morgan fingerprint density at radius 1 is 0.733 bits per heavy atom. The van der Waals surface area contributed by atoms with Gasteiger partial charge in [0, 0.05) is 9.79 Å². The van der Waals surface area contributed by atoms with E-state index in [1.165, 1.54) is 20.9 Å². The van der Waals surface area contributed by atoms with Crippen molar-refractivity contribution in [2.24, 2.45) is 0 Å². The molecule has 4 aromatic carbocycles. The van der Waals surface area contributed by atoms with E-state index in [0.717, 1.165) is 34.4 Å². The number of ether oxygens (including phenoxy) is 1. The molecule has 0 aromatic heterocycles. The Morgan fingerprint density at radius 2 is 1.50 bits per heavy atom. The van der Waals surface area contributed by atoms with Gasteiger partial charge in [-0.15, -0.1) is 0 Å². The second-order valence-corrected chi connectivity index (χ2v) is 8.57. The van der Waals surface area contributed by atoms with Crippen molar-refractivity contribution in [3.05, 3.63) is 131 Å². The van der Waals surface area contributed by atoms with E-state index in [-0.39, 0.29) is 0 Å². The van der Waals surface area contributed by atoms with Crippen molar-refractivity contribution < 1.29 is 4.74 Å². The van der Waals surface area contributed by atoms with Crippen LogP contribution in [0.5, 0.6) is 5.75 Å². The molecule has 4 aromatic rings. The normalized spacial score (nSPS) is 12.0. The van der Waals surface area contributed by atoms with Crippen LogP contribution in [0.1, 0.15) is 27.8 Å². The number of hydrogen-bond acceptors (Lipinski definition) is 2. The third-order valence-corrected chi connectivity index (χ3v) is 6.65. The Kier molecular flexibility index (Phi) is 5.17. The lowest BCUT2D eigenvalue weighted by Crippen LogP contribution is -2.00. The maximum absolute atomic E-state index is 6.00. The second kappa shape index (κ2) is 8.25. The molecule has 30 heavy (non-hydrogen) atoms. The van der Waals surface area contributed by atoms with Crippen molar-refractivity contribution in [3.63, 3.8) is 0 Å². The summed E-state index contributed by atoms with van der Waals surface area (Å²) in [6, 6.07) is 33.8. The first-order valence-corrected chi connectivity index (χ1v) is 10.9. The molecule has 0 saturated carbocycles. The van der Waals surface area contributed by atoms with E-state index in [2.05, 4.69) is 73.3 Å². The molecule has 0 radical (unpaired) electrons. The van der Waals surface area contributed by atoms with Crippen LogP contribution < -0.4 is 4.74 Å². The Hall–Kier alpha value is -3.23. The SMILES string of the molecule is C=C(c1cccc(OCc2ccccc2)c1)c1ccc2c(c1)Cc1ccccc1S2. The van der Waals surface area contributed by atoms with Crippen LogP contribution in [0.4, 0.5) is 0 Å². The maximum Gasteiger partial charge on any atom is 0.120 e. The lowest BCUT2D eigenvalue weighted by molar-refractivity contribution is 0.306. The molecule has 0 aliphatic carbocycles. The van der Waals surface area contributed by atoms with Gasteiger partial charge in [0.05, 0.1) is 0 Å². The first kappa shape index (κ1) is 18.8.